The van der Waals surface area contributed by atoms with Crippen LogP contribution in [0.25, 0.3) is 0 Å². The van der Waals surface area contributed by atoms with E-state index in [1.807, 2.05) is 12.1 Å². The molecule has 1 aliphatic rings. The molecule has 0 saturated heterocycles. The average Bonchev–Trinajstić information content (AvgIpc) is 2.71. The largest absolute Gasteiger partial charge is 0.312 e. The number of rotatable bonds is 5. The summed E-state index contributed by atoms with van der Waals surface area (Å²) in [7, 11) is 0. The van der Waals surface area contributed by atoms with E-state index in [1.165, 1.54) is 0 Å². The van der Waals surface area contributed by atoms with Crippen LogP contribution in [-0.4, -0.2) is 11.5 Å². The number of para-hydroxylation sites is 1. The molecular formula is C15H22N2O2. The Bertz CT molecular complexity index is 481. The summed E-state index contributed by atoms with van der Waals surface area (Å²) in [6, 6.07) is 6.92. The normalized spacial score (nSPS) is 20.2. The quantitative estimate of drug-likeness (QED) is 0.654. The SMILES string of the molecule is CC1(C)C(CNCc2ccccc2[N+](=O)[O-])C1(C)C. The van der Waals surface area contributed by atoms with Gasteiger partial charge >= 0.3 is 0 Å². The summed E-state index contributed by atoms with van der Waals surface area (Å²) in [5.74, 6) is 0.628. The molecule has 0 unspecified atom stereocenters. The summed E-state index contributed by atoms with van der Waals surface area (Å²) < 4.78 is 0. The van der Waals surface area contributed by atoms with Crippen LogP contribution in [0, 0.1) is 26.9 Å². The lowest BCUT2D eigenvalue weighted by molar-refractivity contribution is -0.385. The molecule has 0 spiro atoms. The van der Waals surface area contributed by atoms with Gasteiger partial charge in [-0.2, -0.15) is 0 Å². The minimum atomic E-state index is -0.317. The molecule has 0 heterocycles. The Hall–Kier alpha value is -1.42. The lowest BCUT2D eigenvalue weighted by Crippen LogP contribution is -2.19. The van der Waals surface area contributed by atoms with E-state index in [1.54, 1.807) is 12.1 Å². The highest BCUT2D eigenvalue weighted by molar-refractivity contribution is 5.39. The molecule has 1 saturated carbocycles. The Balaban J connectivity index is 1.93. The molecule has 0 atom stereocenters. The Labute approximate surface area is 114 Å². The zero-order valence-electron chi connectivity index (χ0n) is 12.1. The monoisotopic (exact) mass is 262 g/mol. The van der Waals surface area contributed by atoms with E-state index in [2.05, 4.69) is 33.0 Å². The van der Waals surface area contributed by atoms with Crippen LogP contribution in [0.5, 0.6) is 0 Å². The van der Waals surface area contributed by atoms with Crippen LogP contribution in [0.15, 0.2) is 24.3 Å². The predicted octanol–water partition coefficient (Wildman–Crippen LogP) is 3.37. The number of nitro groups is 1. The fraction of sp³-hybridized carbons (Fsp3) is 0.600. The molecular weight excluding hydrogens is 240 g/mol. The first-order chi connectivity index (χ1) is 8.78. The van der Waals surface area contributed by atoms with Gasteiger partial charge in [0, 0.05) is 18.2 Å². The fourth-order valence-corrected chi connectivity index (χ4v) is 3.03. The van der Waals surface area contributed by atoms with Gasteiger partial charge in [0.1, 0.15) is 0 Å². The highest BCUT2D eigenvalue weighted by Crippen LogP contribution is 2.67. The molecule has 0 aromatic heterocycles. The zero-order chi connectivity index (χ0) is 14.3. The minimum absolute atomic E-state index is 0.198. The summed E-state index contributed by atoms with van der Waals surface area (Å²) in [5, 5.41) is 14.3. The average molecular weight is 262 g/mol. The zero-order valence-corrected chi connectivity index (χ0v) is 12.1. The molecule has 1 aliphatic carbocycles. The number of nitrogens with zero attached hydrogens (tertiary/aromatic N) is 1. The van der Waals surface area contributed by atoms with E-state index < -0.39 is 0 Å². The highest BCUT2D eigenvalue weighted by atomic mass is 16.6. The van der Waals surface area contributed by atoms with Crippen LogP contribution in [0.4, 0.5) is 5.69 Å². The van der Waals surface area contributed by atoms with Gasteiger partial charge in [-0.15, -0.1) is 0 Å². The second-order valence-electron chi connectivity index (χ2n) is 6.51. The van der Waals surface area contributed by atoms with Crippen LogP contribution in [-0.2, 0) is 6.54 Å². The first-order valence-corrected chi connectivity index (χ1v) is 6.71. The van der Waals surface area contributed by atoms with Crippen molar-refractivity contribution >= 4 is 5.69 Å². The maximum Gasteiger partial charge on any atom is 0.273 e. The van der Waals surface area contributed by atoms with E-state index in [9.17, 15) is 10.1 Å². The van der Waals surface area contributed by atoms with Crippen molar-refractivity contribution in [1.82, 2.24) is 5.32 Å². The van der Waals surface area contributed by atoms with Gasteiger partial charge in [0.05, 0.1) is 4.92 Å². The maximum absolute atomic E-state index is 10.9. The summed E-state index contributed by atoms with van der Waals surface area (Å²) in [4.78, 5) is 10.6. The first kappa shape index (κ1) is 14.0. The second kappa shape index (κ2) is 4.60. The fourth-order valence-electron chi connectivity index (χ4n) is 3.03. The summed E-state index contributed by atoms with van der Waals surface area (Å²) in [5.41, 5.74) is 1.65. The van der Waals surface area contributed by atoms with Gasteiger partial charge in [-0.1, -0.05) is 45.9 Å². The summed E-state index contributed by atoms with van der Waals surface area (Å²) >= 11 is 0. The molecule has 4 nitrogen and oxygen atoms in total. The maximum atomic E-state index is 10.9. The van der Waals surface area contributed by atoms with E-state index in [-0.39, 0.29) is 10.6 Å². The molecule has 4 heteroatoms. The Morgan fingerprint density at radius 3 is 2.32 bits per heavy atom. The Kier molecular flexibility index (Phi) is 3.39. The topological polar surface area (TPSA) is 55.2 Å². The van der Waals surface area contributed by atoms with Crippen molar-refractivity contribution in [2.45, 2.75) is 34.2 Å². The Morgan fingerprint density at radius 2 is 1.79 bits per heavy atom. The van der Waals surface area contributed by atoms with Gasteiger partial charge in [0.2, 0.25) is 0 Å². The number of hydrogen-bond acceptors (Lipinski definition) is 3. The van der Waals surface area contributed by atoms with Crippen molar-refractivity contribution in [3.63, 3.8) is 0 Å². The summed E-state index contributed by atoms with van der Waals surface area (Å²) in [6.45, 7) is 10.6. The van der Waals surface area contributed by atoms with Crippen LogP contribution in [0.2, 0.25) is 0 Å². The van der Waals surface area contributed by atoms with Crippen LogP contribution in [0.1, 0.15) is 33.3 Å². The molecule has 0 radical (unpaired) electrons. The molecule has 0 amide bonds. The standard InChI is InChI=1S/C15H22N2O2/c1-14(2)13(15(14,3)4)10-16-9-11-7-5-6-8-12(11)17(18)19/h5-8,13,16H,9-10H2,1-4H3. The third-order valence-corrected chi connectivity index (χ3v) is 5.17. The van der Waals surface area contributed by atoms with Gasteiger partial charge < -0.3 is 5.32 Å². The van der Waals surface area contributed by atoms with Gasteiger partial charge in [-0.3, -0.25) is 10.1 Å². The van der Waals surface area contributed by atoms with Crippen molar-refractivity contribution in [3.05, 3.63) is 39.9 Å². The van der Waals surface area contributed by atoms with Crippen molar-refractivity contribution in [3.8, 4) is 0 Å². The van der Waals surface area contributed by atoms with Gasteiger partial charge in [0.25, 0.3) is 5.69 Å². The molecule has 1 N–H and O–H groups in total. The highest BCUT2D eigenvalue weighted by Gasteiger charge is 2.63. The molecule has 1 aromatic rings. The van der Waals surface area contributed by atoms with Crippen molar-refractivity contribution in [2.75, 3.05) is 6.54 Å². The third-order valence-electron chi connectivity index (χ3n) is 5.17. The van der Waals surface area contributed by atoms with Crippen LogP contribution < -0.4 is 5.32 Å². The van der Waals surface area contributed by atoms with Gasteiger partial charge in [-0.05, 0) is 23.3 Å². The molecule has 1 aromatic carbocycles. The molecule has 19 heavy (non-hydrogen) atoms. The smallest absolute Gasteiger partial charge is 0.273 e. The molecule has 2 rings (SSSR count). The summed E-state index contributed by atoms with van der Waals surface area (Å²) in [6.07, 6.45) is 0. The number of benzene rings is 1. The van der Waals surface area contributed by atoms with Gasteiger partial charge in [-0.25, -0.2) is 0 Å². The Morgan fingerprint density at radius 1 is 1.21 bits per heavy atom. The molecule has 1 fully saturated rings. The van der Waals surface area contributed by atoms with Crippen molar-refractivity contribution in [1.29, 1.82) is 0 Å². The van der Waals surface area contributed by atoms with E-state index in [4.69, 9.17) is 0 Å². The van der Waals surface area contributed by atoms with Crippen LogP contribution >= 0.6 is 0 Å². The predicted molar refractivity (Wildman–Crippen MR) is 75.9 cm³/mol. The molecule has 0 aliphatic heterocycles. The molecule has 104 valence electrons. The lowest BCUT2D eigenvalue weighted by Gasteiger charge is -2.06. The van der Waals surface area contributed by atoms with E-state index in [0.29, 0.717) is 23.3 Å². The molecule has 0 bridgehead atoms. The number of nitro benzene ring substituents is 1. The van der Waals surface area contributed by atoms with Gasteiger partial charge in [0.15, 0.2) is 0 Å². The third kappa shape index (κ3) is 2.37. The first-order valence-electron chi connectivity index (χ1n) is 6.71. The lowest BCUT2D eigenvalue weighted by atomic mass is 10.0. The minimum Gasteiger partial charge on any atom is -0.312 e. The number of hydrogen-bond donors (Lipinski definition) is 1. The van der Waals surface area contributed by atoms with E-state index >= 15 is 0 Å². The van der Waals surface area contributed by atoms with Crippen LogP contribution in [0.3, 0.4) is 0 Å². The second-order valence-corrected chi connectivity index (χ2v) is 6.51. The van der Waals surface area contributed by atoms with Crippen molar-refractivity contribution in [2.24, 2.45) is 16.7 Å². The van der Waals surface area contributed by atoms with E-state index in [0.717, 1.165) is 12.1 Å². The number of nitrogens with one attached hydrogen (secondary N) is 1. The van der Waals surface area contributed by atoms with Crippen molar-refractivity contribution < 1.29 is 4.92 Å².